The monoisotopic (exact) mass is 256 g/mol. The second kappa shape index (κ2) is 4.28. The summed E-state index contributed by atoms with van der Waals surface area (Å²) in [4.78, 5) is 6.09. The van der Waals surface area contributed by atoms with Crippen LogP contribution in [0, 0.1) is 0 Å². The number of aromatic nitrogens is 1. The Morgan fingerprint density at radius 3 is 3.07 bits per heavy atom. The molecule has 1 aromatic rings. The maximum absolute atomic E-state index is 9.80. The molecule has 1 N–H and O–H groups in total. The van der Waals surface area contributed by atoms with Crippen molar-refractivity contribution < 1.29 is 5.11 Å². The van der Waals surface area contributed by atoms with E-state index in [9.17, 15) is 5.11 Å². The van der Waals surface area contributed by atoms with E-state index in [0.717, 1.165) is 36.1 Å². The van der Waals surface area contributed by atoms with Gasteiger partial charge in [-0.1, -0.05) is 0 Å². The quantitative estimate of drug-likeness (QED) is 0.783. The van der Waals surface area contributed by atoms with Crippen molar-refractivity contribution in [3.63, 3.8) is 0 Å². The highest BCUT2D eigenvalue weighted by Gasteiger charge is 2.19. The summed E-state index contributed by atoms with van der Waals surface area (Å²) in [5.74, 6) is 0. The molecule has 1 atom stereocenters. The van der Waals surface area contributed by atoms with Gasteiger partial charge in [-0.3, -0.25) is 0 Å². The highest BCUT2D eigenvalue weighted by molar-refractivity contribution is 9.10. The van der Waals surface area contributed by atoms with Gasteiger partial charge in [-0.05, 0) is 47.3 Å². The van der Waals surface area contributed by atoms with Crippen molar-refractivity contribution in [1.82, 2.24) is 4.98 Å². The average molecular weight is 257 g/mol. The van der Waals surface area contributed by atoms with Crippen LogP contribution in [0.2, 0.25) is 0 Å². The van der Waals surface area contributed by atoms with Gasteiger partial charge in [0.05, 0.1) is 0 Å². The number of aliphatic hydroxyl groups is 1. The summed E-state index contributed by atoms with van der Waals surface area (Å²) < 4.78 is 0.813. The van der Waals surface area contributed by atoms with Crippen LogP contribution in [-0.2, 0) is 0 Å². The molecule has 0 saturated carbocycles. The summed E-state index contributed by atoms with van der Waals surface area (Å²) in [5, 5.41) is 9.80. The number of rotatable bonds is 1. The number of halogens is 1. The van der Waals surface area contributed by atoms with E-state index in [-0.39, 0.29) is 6.23 Å². The van der Waals surface area contributed by atoms with Gasteiger partial charge in [0.2, 0.25) is 0 Å². The molecule has 1 unspecified atom stereocenters. The number of piperidine rings is 1. The molecule has 2 rings (SSSR count). The topological polar surface area (TPSA) is 36.4 Å². The third-order valence-corrected chi connectivity index (χ3v) is 2.95. The standard InChI is InChI=1S/C10H13BrN2O/c11-9-7-8(4-5-12-9)13-6-2-1-3-10(13)14/h4-5,7,10,14H,1-3,6H2. The van der Waals surface area contributed by atoms with Crippen LogP contribution < -0.4 is 4.90 Å². The molecule has 0 radical (unpaired) electrons. The maximum atomic E-state index is 9.80. The molecule has 0 amide bonds. The van der Waals surface area contributed by atoms with Crippen molar-refractivity contribution in [3.05, 3.63) is 22.9 Å². The van der Waals surface area contributed by atoms with Crippen LogP contribution in [-0.4, -0.2) is 22.9 Å². The van der Waals surface area contributed by atoms with Crippen LogP contribution in [0.5, 0.6) is 0 Å². The first-order valence-corrected chi connectivity index (χ1v) is 5.63. The molecule has 4 heteroatoms. The van der Waals surface area contributed by atoms with E-state index in [1.807, 2.05) is 17.0 Å². The first-order chi connectivity index (χ1) is 6.77. The third kappa shape index (κ3) is 2.07. The van der Waals surface area contributed by atoms with Gasteiger partial charge in [-0.25, -0.2) is 4.98 Å². The first kappa shape index (κ1) is 9.93. The molecule has 2 heterocycles. The van der Waals surface area contributed by atoms with E-state index in [2.05, 4.69) is 20.9 Å². The van der Waals surface area contributed by atoms with Gasteiger partial charge in [0, 0.05) is 18.4 Å². The van der Waals surface area contributed by atoms with Crippen molar-refractivity contribution in [2.45, 2.75) is 25.5 Å². The highest BCUT2D eigenvalue weighted by Crippen LogP contribution is 2.24. The largest absolute Gasteiger partial charge is 0.374 e. The van der Waals surface area contributed by atoms with Crippen molar-refractivity contribution in [1.29, 1.82) is 0 Å². The minimum Gasteiger partial charge on any atom is -0.374 e. The van der Waals surface area contributed by atoms with Gasteiger partial charge in [0.1, 0.15) is 10.8 Å². The molecular formula is C10H13BrN2O. The first-order valence-electron chi connectivity index (χ1n) is 4.83. The molecule has 14 heavy (non-hydrogen) atoms. The van der Waals surface area contributed by atoms with Gasteiger partial charge < -0.3 is 10.0 Å². The molecule has 1 aliphatic rings. The van der Waals surface area contributed by atoms with Crippen molar-refractivity contribution in [2.75, 3.05) is 11.4 Å². The predicted octanol–water partition coefficient (Wildman–Crippen LogP) is 2.15. The Bertz CT molecular complexity index is 319. The average Bonchev–Trinajstić information content (AvgIpc) is 2.18. The smallest absolute Gasteiger partial charge is 0.126 e. The summed E-state index contributed by atoms with van der Waals surface area (Å²) >= 11 is 3.33. The Kier molecular flexibility index (Phi) is 3.03. The summed E-state index contributed by atoms with van der Waals surface area (Å²) in [5.41, 5.74) is 1.04. The van der Waals surface area contributed by atoms with Crippen LogP contribution in [0.4, 0.5) is 5.69 Å². The molecule has 1 fully saturated rings. The summed E-state index contributed by atoms with van der Waals surface area (Å²) in [6, 6.07) is 3.87. The number of hydrogen-bond acceptors (Lipinski definition) is 3. The second-order valence-corrected chi connectivity index (χ2v) is 4.32. The fourth-order valence-electron chi connectivity index (χ4n) is 1.79. The zero-order valence-electron chi connectivity index (χ0n) is 7.86. The molecule has 0 spiro atoms. The third-order valence-electron chi connectivity index (χ3n) is 2.51. The fourth-order valence-corrected chi connectivity index (χ4v) is 2.14. The van der Waals surface area contributed by atoms with E-state index in [4.69, 9.17) is 0 Å². The van der Waals surface area contributed by atoms with Gasteiger partial charge in [-0.2, -0.15) is 0 Å². The number of pyridine rings is 1. The zero-order chi connectivity index (χ0) is 9.97. The molecular weight excluding hydrogens is 244 g/mol. The molecule has 1 saturated heterocycles. The van der Waals surface area contributed by atoms with Gasteiger partial charge in [0.25, 0.3) is 0 Å². The van der Waals surface area contributed by atoms with E-state index in [1.54, 1.807) is 6.20 Å². The Morgan fingerprint density at radius 1 is 1.50 bits per heavy atom. The molecule has 0 aliphatic carbocycles. The van der Waals surface area contributed by atoms with Crippen molar-refractivity contribution in [3.8, 4) is 0 Å². The minimum absolute atomic E-state index is 0.335. The Labute approximate surface area is 91.9 Å². The van der Waals surface area contributed by atoms with Crippen LogP contribution in [0.3, 0.4) is 0 Å². The lowest BCUT2D eigenvalue weighted by Crippen LogP contribution is -2.39. The van der Waals surface area contributed by atoms with Gasteiger partial charge in [-0.15, -0.1) is 0 Å². The molecule has 76 valence electrons. The van der Waals surface area contributed by atoms with Gasteiger partial charge >= 0.3 is 0 Å². The number of hydrogen-bond donors (Lipinski definition) is 1. The lowest BCUT2D eigenvalue weighted by Gasteiger charge is -2.33. The summed E-state index contributed by atoms with van der Waals surface area (Å²) in [6.45, 7) is 0.928. The number of nitrogens with zero attached hydrogens (tertiary/aromatic N) is 2. The second-order valence-electron chi connectivity index (χ2n) is 3.51. The molecule has 1 aliphatic heterocycles. The van der Waals surface area contributed by atoms with E-state index >= 15 is 0 Å². The Morgan fingerprint density at radius 2 is 2.36 bits per heavy atom. The Hall–Kier alpha value is -0.610. The van der Waals surface area contributed by atoms with Gasteiger partial charge in [0.15, 0.2) is 0 Å². The summed E-state index contributed by atoms with van der Waals surface area (Å²) in [6.07, 6.45) is 4.54. The van der Waals surface area contributed by atoms with Crippen molar-refractivity contribution >= 4 is 21.6 Å². The molecule has 1 aromatic heterocycles. The zero-order valence-corrected chi connectivity index (χ0v) is 9.44. The van der Waals surface area contributed by atoms with Crippen LogP contribution >= 0.6 is 15.9 Å². The fraction of sp³-hybridized carbons (Fsp3) is 0.500. The maximum Gasteiger partial charge on any atom is 0.126 e. The highest BCUT2D eigenvalue weighted by atomic mass is 79.9. The number of anilines is 1. The van der Waals surface area contributed by atoms with Crippen LogP contribution in [0.1, 0.15) is 19.3 Å². The van der Waals surface area contributed by atoms with E-state index < -0.39 is 0 Å². The minimum atomic E-state index is -0.335. The van der Waals surface area contributed by atoms with Crippen LogP contribution in [0.25, 0.3) is 0 Å². The molecule has 0 aromatic carbocycles. The normalized spacial score (nSPS) is 22.4. The van der Waals surface area contributed by atoms with E-state index in [0.29, 0.717) is 0 Å². The lowest BCUT2D eigenvalue weighted by atomic mass is 10.1. The molecule has 3 nitrogen and oxygen atoms in total. The van der Waals surface area contributed by atoms with Crippen LogP contribution in [0.15, 0.2) is 22.9 Å². The van der Waals surface area contributed by atoms with E-state index in [1.165, 1.54) is 0 Å². The summed E-state index contributed by atoms with van der Waals surface area (Å²) in [7, 11) is 0. The lowest BCUT2D eigenvalue weighted by molar-refractivity contribution is 0.140. The SMILES string of the molecule is OC1CCCCN1c1ccnc(Br)c1. The Balaban J connectivity index is 2.20. The predicted molar refractivity (Wildman–Crippen MR) is 59.1 cm³/mol. The molecule has 0 bridgehead atoms. The van der Waals surface area contributed by atoms with Crippen molar-refractivity contribution in [2.24, 2.45) is 0 Å². The number of aliphatic hydroxyl groups excluding tert-OH is 1.